The average Bonchev–Trinajstić information content (AvgIpc) is 2.72. The highest BCUT2D eigenvalue weighted by Crippen LogP contribution is 2.20. The highest BCUT2D eigenvalue weighted by atomic mass is 32.1. The fourth-order valence-corrected chi connectivity index (χ4v) is 1.92. The zero-order chi connectivity index (χ0) is 9.80. The van der Waals surface area contributed by atoms with Crippen molar-refractivity contribution in [3.05, 3.63) is 41.4 Å². The van der Waals surface area contributed by atoms with Crippen molar-refractivity contribution < 1.29 is 0 Å². The van der Waals surface area contributed by atoms with Gasteiger partial charge in [0.15, 0.2) is 0 Å². The normalized spacial score (nSPS) is 10.4. The van der Waals surface area contributed by atoms with Crippen LogP contribution in [0, 0.1) is 0 Å². The number of rotatable bonds is 3. The van der Waals surface area contributed by atoms with Crippen LogP contribution in [0.5, 0.6) is 0 Å². The molecule has 2 aromatic rings. The second-order valence-corrected chi connectivity index (χ2v) is 3.81. The highest BCUT2D eigenvalue weighted by Gasteiger charge is 1.98. The lowest BCUT2D eigenvalue weighted by molar-refractivity contribution is 0.969. The van der Waals surface area contributed by atoms with Gasteiger partial charge in [0.1, 0.15) is 0 Å². The molecule has 1 aromatic carbocycles. The number of benzene rings is 1. The molecule has 0 aliphatic carbocycles. The van der Waals surface area contributed by atoms with E-state index < -0.39 is 0 Å². The van der Waals surface area contributed by atoms with Crippen LogP contribution in [0.1, 0.15) is 5.56 Å². The van der Waals surface area contributed by atoms with E-state index in [1.54, 1.807) is 0 Å². The van der Waals surface area contributed by atoms with Crippen molar-refractivity contribution >= 4 is 11.5 Å². The molecule has 0 bridgehead atoms. The lowest BCUT2D eigenvalue weighted by Gasteiger charge is -2.00. The summed E-state index contributed by atoms with van der Waals surface area (Å²) in [6, 6.07) is 8.49. The molecule has 0 unspecified atom stereocenters. The monoisotopic (exact) mass is 204 g/mol. The zero-order valence-electron chi connectivity index (χ0n) is 7.81. The standard InChI is InChI=1S/C11H12N2S/c12-6-5-9-1-3-10(4-2-9)11-7-13-14-8-11/h1-4,7-8H,5-6,12H2. The van der Waals surface area contributed by atoms with E-state index in [0.717, 1.165) is 6.42 Å². The minimum absolute atomic E-state index is 0.708. The first-order chi connectivity index (χ1) is 6.90. The summed E-state index contributed by atoms with van der Waals surface area (Å²) in [5.41, 5.74) is 9.19. The Morgan fingerprint density at radius 1 is 1.14 bits per heavy atom. The minimum Gasteiger partial charge on any atom is -0.330 e. The van der Waals surface area contributed by atoms with Crippen LogP contribution >= 0.6 is 11.5 Å². The summed E-state index contributed by atoms with van der Waals surface area (Å²) in [6.45, 7) is 0.708. The summed E-state index contributed by atoms with van der Waals surface area (Å²) >= 11 is 1.48. The largest absolute Gasteiger partial charge is 0.330 e. The maximum Gasteiger partial charge on any atom is 0.0485 e. The van der Waals surface area contributed by atoms with Gasteiger partial charge in [-0.2, -0.15) is 0 Å². The van der Waals surface area contributed by atoms with Gasteiger partial charge >= 0.3 is 0 Å². The van der Waals surface area contributed by atoms with Gasteiger partial charge in [-0.05, 0) is 35.6 Å². The maximum atomic E-state index is 5.48. The van der Waals surface area contributed by atoms with E-state index >= 15 is 0 Å². The third-order valence-corrected chi connectivity index (χ3v) is 2.74. The molecule has 3 heteroatoms. The third kappa shape index (κ3) is 2.00. The molecule has 0 saturated heterocycles. The summed E-state index contributed by atoms with van der Waals surface area (Å²) in [4.78, 5) is 0. The summed E-state index contributed by atoms with van der Waals surface area (Å²) in [5.74, 6) is 0. The lowest BCUT2D eigenvalue weighted by Crippen LogP contribution is -2.02. The molecule has 72 valence electrons. The molecule has 1 heterocycles. The molecule has 0 radical (unpaired) electrons. The molecule has 0 aliphatic heterocycles. The molecule has 0 fully saturated rings. The third-order valence-electron chi connectivity index (χ3n) is 2.15. The summed E-state index contributed by atoms with van der Waals surface area (Å²) in [6.07, 6.45) is 2.84. The van der Waals surface area contributed by atoms with Crippen LogP contribution in [0.4, 0.5) is 0 Å². The number of nitrogens with two attached hydrogens (primary N) is 1. The van der Waals surface area contributed by atoms with Gasteiger partial charge in [0.2, 0.25) is 0 Å². The van der Waals surface area contributed by atoms with Gasteiger partial charge in [0, 0.05) is 17.1 Å². The van der Waals surface area contributed by atoms with Crippen molar-refractivity contribution in [1.82, 2.24) is 4.37 Å². The van der Waals surface area contributed by atoms with E-state index in [-0.39, 0.29) is 0 Å². The molecular weight excluding hydrogens is 192 g/mol. The molecular formula is C11H12N2S. The van der Waals surface area contributed by atoms with Gasteiger partial charge in [-0.25, -0.2) is 4.37 Å². The minimum atomic E-state index is 0.708. The second kappa shape index (κ2) is 4.35. The van der Waals surface area contributed by atoms with Crippen LogP contribution in [0.15, 0.2) is 35.8 Å². The Morgan fingerprint density at radius 2 is 1.93 bits per heavy atom. The molecule has 0 aliphatic rings. The predicted octanol–water partition coefficient (Wildman–Crippen LogP) is 2.31. The molecule has 0 atom stereocenters. The molecule has 0 amide bonds. The average molecular weight is 204 g/mol. The van der Waals surface area contributed by atoms with Gasteiger partial charge in [-0.15, -0.1) is 0 Å². The van der Waals surface area contributed by atoms with Crippen LogP contribution in [0.2, 0.25) is 0 Å². The smallest absolute Gasteiger partial charge is 0.0485 e. The van der Waals surface area contributed by atoms with E-state index in [1.807, 2.05) is 6.20 Å². The van der Waals surface area contributed by atoms with Crippen molar-refractivity contribution in [3.63, 3.8) is 0 Å². The Labute approximate surface area is 87.6 Å². The van der Waals surface area contributed by atoms with Gasteiger partial charge in [0.25, 0.3) is 0 Å². The first kappa shape index (κ1) is 9.37. The summed E-state index contributed by atoms with van der Waals surface area (Å²) in [5, 5.41) is 2.05. The fraction of sp³-hybridized carbons (Fsp3) is 0.182. The Bertz CT molecular complexity index is 378. The van der Waals surface area contributed by atoms with Gasteiger partial charge < -0.3 is 5.73 Å². The lowest BCUT2D eigenvalue weighted by atomic mass is 10.1. The molecule has 2 rings (SSSR count). The van der Waals surface area contributed by atoms with E-state index in [0.29, 0.717) is 6.54 Å². The van der Waals surface area contributed by atoms with Crippen LogP contribution < -0.4 is 5.73 Å². The van der Waals surface area contributed by atoms with Crippen molar-refractivity contribution in [3.8, 4) is 11.1 Å². The molecule has 0 saturated carbocycles. The van der Waals surface area contributed by atoms with E-state index in [4.69, 9.17) is 5.73 Å². The quantitative estimate of drug-likeness (QED) is 0.833. The Kier molecular flexibility index (Phi) is 2.91. The highest BCUT2D eigenvalue weighted by molar-refractivity contribution is 7.03. The van der Waals surface area contributed by atoms with Crippen molar-refractivity contribution in [2.24, 2.45) is 5.73 Å². The Hall–Kier alpha value is -1.19. The van der Waals surface area contributed by atoms with Crippen LogP contribution in [0.3, 0.4) is 0 Å². The van der Waals surface area contributed by atoms with Crippen molar-refractivity contribution in [2.45, 2.75) is 6.42 Å². The Balaban J connectivity index is 2.22. The van der Waals surface area contributed by atoms with Gasteiger partial charge in [-0.3, -0.25) is 0 Å². The second-order valence-electron chi connectivity index (χ2n) is 3.15. The van der Waals surface area contributed by atoms with Gasteiger partial charge in [0.05, 0.1) is 0 Å². The fourth-order valence-electron chi connectivity index (χ4n) is 1.38. The number of hydrogen-bond acceptors (Lipinski definition) is 3. The molecule has 0 spiro atoms. The molecule has 1 aromatic heterocycles. The molecule has 14 heavy (non-hydrogen) atoms. The van der Waals surface area contributed by atoms with Crippen LogP contribution in [-0.2, 0) is 6.42 Å². The zero-order valence-corrected chi connectivity index (χ0v) is 8.63. The van der Waals surface area contributed by atoms with E-state index in [2.05, 4.69) is 34.0 Å². The molecule has 2 N–H and O–H groups in total. The number of aromatic nitrogens is 1. The first-order valence-corrected chi connectivity index (χ1v) is 5.42. The summed E-state index contributed by atoms with van der Waals surface area (Å²) < 4.78 is 4.08. The number of nitrogens with zero attached hydrogens (tertiary/aromatic N) is 1. The van der Waals surface area contributed by atoms with Crippen LogP contribution in [-0.4, -0.2) is 10.9 Å². The Morgan fingerprint density at radius 3 is 2.50 bits per heavy atom. The van der Waals surface area contributed by atoms with E-state index in [9.17, 15) is 0 Å². The van der Waals surface area contributed by atoms with Crippen LogP contribution in [0.25, 0.3) is 11.1 Å². The van der Waals surface area contributed by atoms with Crippen molar-refractivity contribution in [1.29, 1.82) is 0 Å². The molecule has 2 nitrogen and oxygen atoms in total. The van der Waals surface area contributed by atoms with Gasteiger partial charge in [-0.1, -0.05) is 24.3 Å². The maximum absolute atomic E-state index is 5.48. The first-order valence-electron chi connectivity index (χ1n) is 4.59. The SMILES string of the molecule is NCCc1ccc(-c2cnsc2)cc1. The predicted molar refractivity (Wildman–Crippen MR) is 60.3 cm³/mol. The van der Waals surface area contributed by atoms with Crippen molar-refractivity contribution in [2.75, 3.05) is 6.54 Å². The van der Waals surface area contributed by atoms with E-state index in [1.165, 1.54) is 28.2 Å². The topological polar surface area (TPSA) is 38.9 Å². The summed E-state index contributed by atoms with van der Waals surface area (Å²) in [7, 11) is 0. The number of hydrogen-bond donors (Lipinski definition) is 1.